The summed E-state index contributed by atoms with van der Waals surface area (Å²) < 4.78 is 44.5. The van der Waals surface area contributed by atoms with Gasteiger partial charge in [0.15, 0.2) is 5.72 Å². The zero-order valence-electron chi connectivity index (χ0n) is 14.7. The minimum atomic E-state index is -4.05. The molecule has 1 aliphatic rings. The molecule has 1 saturated heterocycles. The number of hydrogen-bond acceptors (Lipinski definition) is 7. The average molecular weight is 406 g/mol. The van der Waals surface area contributed by atoms with E-state index >= 15 is 0 Å². The Hall–Kier alpha value is -2.66. The van der Waals surface area contributed by atoms with Gasteiger partial charge in [-0.05, 0) is 18.2 Å². The maximum atomic E-state index is 13.0. The highest BCUT2D eigenvalue weighted by Gasteiger charge is 2.41. The number of furan rings is 1. The SMILES string of the molecule is O=C(NO)OC1(NS(=O)(=O)c2ccc3c(c2)oc2ccccc23)CCOCC1. The molecular weight excluding hydrogens is 388 g/mol. The molecule has 1 aromatic heterocycles. The Morgan fingerprint density at radius 3 is 2.54 bits per heavy atom. The van der Waals surface area contributed by atoms with Gasteiger partial charge in [0.05, 0.1) is 18.1 Å². The lowest BCUT2D eigenvalue weighted by Gasteiger charge is -2.36. The van der Waals surface area contributed by atoms with Crippen molar-refractivity contribution in [2.75, 3.05) is 13.2 Å². The number of carbonyl (C=O) groups is 1. The molecule has 2 heterocycles. The van der Waals surface area contributed by atoms with Gasteiger partial charge in [0.25, 0.3) is 0 Å². The Kier molecular flexibility index (Phi) is 4.71. The minimum Gasteiger partial charge on any atom is -0.456 e. The van der Waals surface area contributed by atoms with E-state index in [0.29, 0.717) is 11.2 Å². The van der Waals surface area contributed by atoms with E-state index in [1.807, 2.05) is 18.2 Å². The van der Waals surface area contributed by atoms with Crippen molar-refractivity contribution in [1.82, 2.24) is 10.2 Å². The number of amides is 1. The van der Waals surface area contributed by atoms with Gasteiger partial charge < -0.3 is 13.9 Å². The van der Waals surface area contributed by atoms with Crippen molar-refractivity contribution < 1.29 is 32.3 Å². The molecule has 28 heavy (non-hydrogen) atoms. The summed E-state index contributed by atoms with van der Waals surface area (Å²) in [5.74, 6) is 0. The number of rotatable bonds is 4. The van der Waals surface area contributed by atoms with Crippen LogP contribution in [-0.2, 0) is 19.5 Å². The fourth-order valence-corrected chi connectivity index (χ4v) is 4.67. The fourth-order valence-electron chi connectivity index (χ4n) is 3.30. The van der Waals surface area contributed by atoms with Crippen LogP contribution in [0.2, 0.25) is 0 Å². The van der Waals surface area contributed by atoms with Crippen molar-refractivity contribution in [3.63, 3.8) is 0 Å². The topological polar surface area (TPSA) is 127 Å². The van der Waals surface area contributed by atoms with Crippen LogP contribution in [0.3, 0.4) is 0 Å². The van der Waals surface area contributed by atoms with Crippen LogP contribution in [0.4, 0.5) is 4.79 Å². The molecule has 0 bridgehead atoms. The van der Waals surface area contributed by atoms with Gasteiger partial charge in [-0.1, -0.05) is 18.2 Å². The van der Waals surface area contributed by atoms with E-state index in [4.69, 9.17) is 19.1 Å². The van der Waals surface area contributed by atoms with E-state index in [-0.39, 0.29) is 31.0 Å². The maximum absolute atomic E-state index is 13.0. The molecule has 9 nitrogen and oxygen atoms in total. The lowest BCUT2D eigenvalue weighted by atomic mass is 10.1. The van der Waals surface area contributed by atoms with Gasteiger partial charge >= 0.3 is 6.09 Å². The van der Waals surface area contributed by atoms with E-state index in [0.717, 1.165) is 10.8 Å². The van der Waals surface area contributed by atoms with E-state index in [2.05, 4.69) is 4.72 Å². The molecule has 1 aliphatic heterocycles. The van der Waals surface area contributed by atoms with Crippen molar-refractivity contribution in [2.45, 2.75) is 23.5 Å². The van der Waals surface area contributed by atoms with Crippen molar-refractivity contribution in [2.24, 2.45) is 0 Å². The maximum Gasteiger partial charge on any atom is 0.432 e. The zero-order valence-corrected chi connectivity index (χ0v) is 15.5. The third-order valence-electron chi connectivity index (χ3n) is 4.66. The van der Waals surface area contributed by atoms with Crippen LogP contribution in [0.5, 0.6) is 0 Å². The van der Waals surface area contributed by atoms with Crippen LogP contribution in [0.1, 0.15) is 12.8 Å². The predicted molar refractivity (Wildman–Crippen MR) is 98.2 cm³/mol. The first-order valence-corrected chi connectivity index (χ1v) is 10.1. The Balaban J connectivity index is 1.70. The van der Waals surface area contributed by atoms with Crippen LogP contribution in [-0.4, -0.2) is 38.7 Å². The second-order valence-electron chi connectivity index (χ2n) is 6.47. The molecule has 2 aromatic carbocycles. The van der Waals surface area contributed by atoms with Crippen molar-refractivity contribution in [1.29, 1.82) is 0 Å². The number of sulfonamides is 1. The summed E-state index contributed by atoms with van der Waals surface area (Å²) in [5.41, 5.74) is 0.915. The van der Waals surface area contributed by atoms with E-state index in [1.165, 1.54) is 17.6 Å². The van der Waals surface area contributed by atoms with Crippen LogP contribution in [0.15, 0.2) is 51.8 Å². The van der Waals surface area contributed by atoms with Gasteiger partial charge in [-0.15, -0.1) is 0 Å². The summed E-state index contributed by atoms with van der Waals surface area (Å²) in [4.78, 5) is 11.5. The molecule has 1 amide bonds. The number of carbonyl (C=O) groups excluding carboxylic acids is 1. The molecule has 0 unspecified atom stereocenters. The van der Waals surface area contributed by atoms with Gasteiger partial charge in [0.2, 0.25) is 10.0 Å². The van der Waals surface area contributed by atoms with E-state index < -0.39 is 21.8 Å². The number of hydroxylamine groups is 1. The molecule has 0 spiro atoms. The highest BCUT2D eigenvalue weighted by atomic mass is 32.2. The number of ether oxygens (including phenoxy) is 2. The third-order valence-corrected chi connectivity index (χ3v) is 6.18. The Labute approximate surface area is 160 Å². The minimum absolute atomic E-state index is 0.0297. The molecule has 0 radical (unpaired) electrons. The molecule has 1 fully saturated rings. The molecule has 10 heteroatoms. The number of fused-ring (bicyclic) bond motifs is 3. The van der Waals surface area contributed by atoms with Gasteiger partial charge in [0, 0.05) is 29.7 Å². The second-order valence-corrected chi connectivity index (χ2v) is 8.15. The first kappa shape index (κ1) is 18.7. The monoisotopic (exact) mass is 406 g/mol. The normalized spacial score (nSPS) is 16.9. The molecular formula is C18H18N2O7S. The number of benzene rings is 2. The number of hydrogen-bond donors (Lipinski definition) is 3. The smallest absolute Gasteiger partial charge is 0.432 e. The Morgan fingerprint density at radius 2 is 1.79 bits per heavy atom. The van der Waals surface area contributed by atoms with Crippen molar-refractivity contribution in [3.05, 3.63) is 42.5 Å². The molecule has 3 aromatic rings. The Morgan fingerprint density at radius 1 is 1.07 bits per heavy atom. The summed E-state index contributed by atoms with van der Waals surface area (Å²) >= 11 is 0. The number of nitrogens with one attached hydrogen (secondary N) is 2. The van der Waals surface area contributed by atoms with Gasteiger partial charge in [0.1, 0.15) is 11.2 Å². The summed E-state index contributed by atoms with van der Waals surface area (Å²) in [6.45, 7) is 0.397. The molecule has 0 saturated carbocycles. The first-order valence-electron chi connectivity index (χ1n) is 8.59. The average Bonchev–Trinajstić information content (AvgIpc) is 3.06. The molecule has 3 N–H and O–H groups in total. The van der Waals surface area contributed by atoms with Crippen LogP contribution in [0.25, 0.3) is 21.9 Å². The zero-order chi connectivity index (χ0) is 19.8. The highest BCUT2D eigenvalue weighted by Crippen LogP contribution is 2.31. The quantitative estimate of drug-likeness (QED) is 0.345. The fraction of sp³-hybridized carbons (Fsp3) is 0.278. The molecule has 4 rings (SSSR count). The number of para-hydroxylation sites is 1. The van der Waals surface area contributed by atoms with E-state index in [9.17, 15) is 13.2 Å². The molecule has 148 valence electrons. The third kappa shape index (κ3) is 3.42. The van der Waals surface area contributed by atoms with Gasteiger partial charge in [-0.3, -0.25) is 5.21 Å². The van der Waals surface area contributed by atoms with Gasteiger partial charge in [-0.25, -0.2) is 18.7 Å². The van der Waals surface area contributed by atoms with Crippen LogP contribution >= 0.6 is 0 Å². The molecule has 0 atom stereocenters. The lowest BCUT2D eigenvalue weighted by Crippen LogP contribution is -2.55. The van der Waals surface area contributed by atoms with Gasteiger partial charge in [-0.2, -0.15) is 4.72 Å². The van der Waals surface area contributed by atoms with Crippen molar-refractivity contribution >= 4 is 38.1 Å². The lowest BCUT2D eigenvalue weighted by molar-refractivity contribution is -0.0848. The first-order chi connectivity index (χ1) is 13.4. The van der Waals surface area contributed by atoms with Crippen molar-refractivity contribution in [3.8, 4) is 0 Å². The second kappa shape index (κ2) is 7.06. The van der Waals surface area contributed by atoms with E-state index in [1.54, 1.807) is 12.1 Å². The summed E-state index contributed by atoms with van der Waals surface area (Å²) in [6, 6.07) is 12.0. The Bertz CT molecular complexity index is 1130. The standard InChI is InChI=1S/C18H18N2O7S/c21-17(19-22)27-18(7-9-25-10-8-18)20-28(23,24)12-5-6-14-13-3-1-2-4-15(13)26-16(14)11-12/h1-6,11,20,22H,7-10H2,(H,19,21). The summed E-state index contributed by atoms with van der Waals surface area (Å²) in [6.07, 6.45) is -0.948. The van der Waals surface area contributed by atoms with Crippen LogP contribution in [0, 0.1) is 0 Å². The molecule has 0 aliphatic carbocycles. The summed E-state index contributed by atoms with van der Waals surface area (Å²) in [7, 11) is -4.05. The predicted octanol–water partition coefficient (Wildman–Crippen LogP) is 2.49. The van der Waals surface area contributed by atoms with Crippen LogP contribution < -0.4 is 10.2 Å². The summed E-state index contributed by atoms with van der Waals surface area (Å²) in [5, 5.41) is 10.4. The highest BCUT2D eigenvalue weighted by molar-refractivity contribution is 7.89. The largest absolute Gasteiger partial charge is 0.456 e.